The molecule has 28 heavy (non-hydrogen) atoms. The molecule has 0 spiro atoms. The monoisotopic (exact) mass is 385 g/mol. The van der Waals surface area contributed by atoms with Crippen LogP contribution >= 0.6 is 0 Å². The van der Waals surface area contributed by atoms with Gasteiger partial charge in [-0.15, -0.1) is 0 Å². The number of hydrogen-bond acceptors (Lipinski definition) is 6. The van der Waals surface area contributed by atoms with Gasteiger partial charge in [0.15, 0.2) is 5.84 Å². The van der Waals surface area contributed by atoms with Crippen molar-refractivity contribution in [3.63, 3.8) is 0 Å². The van der Waals surface area contributed by atoms with Gasteiger partial charge in [-0.2, -0.15) is 0 Å². The largest absolute Gasteiger partial charge is 0.497 e. The lowest BCUT2D eigenvalue weighted by molar-refractivity contribution is -0.145. The molecular formula is C20H23N3O5. The third-order valence-electron chi connectivity index (χ3n) is 4.97. The average Bonchev–Trinajstić information content (AvgIpc) is 2.97. The molecule has 0 saturated carbocycles. The van der Waals surface area contributed by atoms with Crippen LogP contribution in [0, 0.1) is 11.8 Å². The predicted molar refractivity (Wildman–Crippen MR) is 101 cm³/mol. The molecule has 1 aromatic carbocycles. The molecule has 0 aromatic heterocycles. The second-order valence-electron chi connectivity index (χ2n) is 6.76. The lowest BCUT2D eigenvalue weighted by atomic mass is 9.85. The van der Waals surface area contributed by atoms with Gasteiger partial charge < -0.3 is 15.3 Å². The minimum atomic E-state index is -0.580. The minimum Gasteiger partial charge on any atom is -0.497 e. The second-order valence-corrected chi connectivity index (χ2v) is 6.76. The van der Waals surface area contributed by atoms with E-state index in [9.17, 15) is 14.4 Å². The fraction of sp³-hybridized carbons (Fsp3) is 0.400. The third-order valence-corrected chi connectivity index (χ3v) is 4.97. The molecule has 1 aliphatic heterocycles. The Hall–Kier alpha value is -3.16. The van der Waals surface area contributed by atoms with Crippen molar-refractivity contribution >= 4 is 23.6 Å². The number of fused-ring (bicyclic) bond motifs is 1. The summed E-state index contributed by atoms with van der Waals surface area (Å²) < 4.78 is 5.10. The number of likely N-dealkylation sites (tertiary alicyclic amines) is 1. The first-order valence-electron chi connectivity index (χ1n) is 9.19. The number of hydrogen-bond donors (Lipinski definition) is 1. The third kappa shape index (κ3) is 4.21. The Morgan fingerprint density at radius 3 is 2.54 bits per heavy atom. The van der Waals surface area contributed by atoms with E-state index in [0.29, 0.717) is 30.6 Å². The molecular weight excluding hydrogens is 362 g/mol. The van der Waals surface area contributed by atoms with Gasteiger partial charge in [-0.1, -0.05) is 29.4 Å². The van der Waals surface area contributed by atoms with Crippen LogP contribution < -0.4 is 10.5 Å². The van der Waals surface area contributed by atoms with Crippen LogP contribution in [0.5, 0.6) is 5.75 Å². The van der Waals surface area contributed by atoms with Crippen LogP contribution in [-0.4, -0.2) is 42.2 Å². The summed E-state index contributed by atoms with van der Waals surface area (Å²) in [5.41, 5.74) is 6.38. The van der Waals surface area contributed by atoms with Gasteiger partial charge >= 0.3 is 5.97 Å². The second kappa shape index (κ2) is 8.69. The van der Waals surface area contributed by atoms with E-state index in [0.717, 1.165) is 0 Å². The maximum atomic E-state index is 12.4. The van der Waals surface area contributed by atoms with Crippen LogP contribution in [0.25, 0.3) is 0 Å². The number of nitrogens with two attached hydrogens (primary N) is 1. The highest BCUT2D eigenvalue weighted by molar-refractivity contribution is 6.05. The molecule has 0 bridgehead atoms. The van der Waals surface area contributed by atoms with Crippen LogP contribution in [0.4, 0.5) is 0 Å². The number of carbonyl (C=O) groups excluding carboxylic acids is 3. The van der Waals surface area contributed by atoms with Crippen LogP contribution in [0.15, 0.2) is 41.6 Å². The van der Waals surface area contributed by atoms with E-state index in [4.69, 9.17) is 15.3 Å². The summed E-state index contributed by atoms with van der Waals surface area (Å²) in [6.07, 6.45) is 5.44. The number of rotatable bonds is 7. The number of oxime groups is 1. The minimum absolute atomic E-state index is 0.0273. The SMILES string of the molecule is COc1cccc(/C(N)=N/OC(=O)CCCN2C(=O)[C@H]3CC=CC[C@H]3C2=O)c1. The van der Waals surface area contributed by atoms with Crippen molar-refractivity contribution in [3.05, 3.63) is 42.0 Å². The zero-order chi connectivity index (χ0) is 20.1. The Balaban J connectivity index is 1.47. The summed E-state index contributed by atoms with van der Waals surface area (Å²) in [5.74, 6) is -0.718. The quantitative estimate of drug-likeness (QED) is 0.191. The van der Waals surface area contributed by atoms with Crippen molar-refractivity contribution in [2.24, 2.45) is 22.7 Å². The molecule has 2 atom stereocenters. The molecule has 2 amide bonds. The van der Waals surface area contributed by atoms with Crippen molar-refractivity contribution in [1.29, 1.82) is 0 Å². The smallest absolute Gasteiger partial charge is 0.335 e. The predicted octanol–water partition coefficient (Wildman–Crippen LogP) is 1.59. The summed E-state index contributed by atoms with van der Waals surface area (Å²) in [4.78, 5) is 42.7. The topological polar surface area (TPSA) is 111 Å². The number of amidine groups is 1. The number of benzene rings is 1. The summed E-state index contributed by atoms with van der Waals surface area (Å²) in [6.45, 7) is 0.203. The zero-order valence-corrected chi connectivity index (χ0v) is 15.7. The highest BCUT2D eigenvalue weighted by atomic mass is 16.7. The summed E-state index contributed by atoms with van der Waals surface area (Å²) in [5, 5.41) is 3.64. The van der Waals surface area contributed by atoms with Gasteiger partial charge in [-0.05, 0) is 31.4 Å². The Morgan fingerprint density at radius 2 is 1.89 bits per heavy atom. The molecule has 1 aliphatic carbocycles. The van der Waals surface area contributed by atoms with Gasteiger partial charge in [-0.25, -0.2) is 4.79 Å². The van der Waals surface area contributed by atoms with E-state index in [1.807, 2.05) is 12.2 Å². The summed E-state index contributed by atoms with van der Waals surface area (Å²) in [7, 11) is 1.54. The molecule has 2 N–H and O–H groups in total. The fourth-order valence-electron chi connectivity index (χ4n) is 3.45. The van der Waals surface area contributed by atoms with Crippen molar-refractivity contribution in [2.75, 3.05) is 13.7 Å². The Bertz CT molecular complexity index is 807. The number of carbonyl (C=O) groups is 3. The Labute approximate surface area is 163 Å². The van der Waals surface area contributed by atoms with E-state index in [1.165, 1.54) is 12.0 Å². The molecule has 3 rings (SSSR count). The van der Waals surface area contributed by atoms with Gasteiger partial charge in [0.1, 0.15) is 5.75 Å². The van der Waals surface area contributed by atoms with Crippen molar-refractivity contribution in [1.82, 2.24) is 4.90 Å². The number of imide groups is 1. The van der Waals surface area contributed by atoms with Crippen molar-refractivity contribution in [3.8, 4) is 5.75 Å². The van der Waals surface area contributed by atoms with Gasteiger partial charge in [0, 0.05) is 18.5 Å². The van der Waals surface area contributed by atoms with Crippen LogP contribution in [0.3, 0.4) is 0 Å². The highest BCUT2D eigenvalue weighted by Gasteiger charge is 2.46. The highest BCUT2D eigenvalue weighted by Crippen LogP contribution is 2.35. The first-order valence-corrected chi connectivity index (χ1v) is 9.19. The molecule has 0 unspecified atom stereocenters. The van der Waals surface area contributed by atoms with E-state index >= 15 is 0 Å². The molecule has 8 nitrogen and oxygen atoms in total. The fourth-order valence-corrected chi connectivity index (χ4v) is 3.45. The Morgan fingerprint density at radius 1 is 1.21 bits per heavy atom. The molecule has 2 aliphatic rings. The molecule has 148 valence electrons. The lowest BCUT2D eigenvalue weighted by Crippen LogP contribution is -2.32. The summed E-state index contributed by atoms with van der Waals surface area (Å²) >= 11 is 0. The first kappa shape index (κ1) is 19.6. The maximum Gasteiger partial charge on any atom is 0.335 e. The first-order chi connectivity index (χ1) is 13.5. The average molecular weight is 385 g/mol. The van der Waals surface area contributed by atoms with Crippen LogP contribution in [0.1, 0.15) is 31.2 Å². The van der Waals surface area contributed by atoms with E-state index in [1.54, 1.807) is 24.3 Å². The number of allylic oxidation sites excluding steroid dienone is 2. The molecule has 1 heterocycles. The van der Waals surface area contributed by atoms with E-state index in [2.05, 4.69) is 5.16 Å². The van der Waals surface area contributed by atoms with Crippen molar-refractivity contribution in [2.45, 2.75) is 25.7 Å². The zero-order valence-electron chi connectivity index (χ0n) is 15.7. The molecule has 1 aromatic rings. The van der Waals surface area contributed by atoms with E-state index in [-0.39, 0.29) is 42.5 Å². The van der Waals surface area contributed by atoms with E-state index < -0.39 is 5.97 Å². The molecule has 8 heteroatoms. The number of ether oxygens (including phenoxy) is 1. The normalized spacial score (nSPS) is 21.6. The molecule has 0 radical (unpaired) electrons. The van der Waals surface area contributed by atoms with Gasteiger partial charge in [-0.3, -0.25) is 14.5 Å². The van der Waals surface area contributed by atoms with Gasteiger partial charge in [0.2, 0.25) is 11.8 Å². The standard InChI is InChI=1S/C20H23N3O5/c1-27-14-7-4-6-13(12-14)18(21)22-28-17(24)10-5-11-23-19(25)15-8-2-3-9-16(15)20(23)26/h2-4,6-7,12,15-16H,5,8-11H2,1H3,(H2,21,22)/t15-,16+. The lowest BCUT2D eigenvalue weighted by Gasteiger charge is -2.14. The number of nitrogens with zero attached hydrogens (tertiary/aromatic N) is 2. The molecule has 1 fully saturated rings. The van der Waals surface area contributed by atoms with Crippen molar-refractivity contribution < 1.29 is 24.0 Å². The number of amides is 2. The van der Waals surface area contributed by atoms with Crippen LogP contribution in [-0.2, 0) is 19.2 Å². The molecule has 1 saturated heterocycles. The van der Waals surface area contributed by atoms with Gasteiger partial charge in [0.05, 0.1) is 18.9 Å². The maximum absolute atomic E-state index is 12.4. The van der Waals surface area contributed by atoms with Crippen LogP contribution in [0.2, 0.25) is 0 Å². The number of methoxy groups -OCH3 is 1. The summed E-state index contributed by atoms with van der Waals surface area (Å²) in [6, 6.07) is 6.89. The Kier molecular flexibility index (Phi) is 6.08. The van der Waals surface area contributed by atoms with Gasteiger partial charge in [0.25, 0.3) is 0 Å².